The van der Waals surface area contributed by atoms with Gasteiger partial charge in [0.2, 0.25) is 0 Å². The Bertz CT molecular complexity index is 735. The van der Waals surface area contributed by atoms with Gasteiger partial charge in [0.15, 0.2) is 5.82 Å². The largest absolute Gasteiger partial charge is 0.360 e. The van der Waals surface area contributed by atoms with Gasteiger partial charge in [-0.15, -0.1) is 0 Å². The standard InChI is InChI=1S/C16H25FN2O2S.C2H6/c1-6-22(4,5)8-7-21-11-19-10-12(2)15-14(19)9-13(17)16(20)18(15)3;1-2/h9-10H,6-8,11H2,1-5H3;1-2H3. The Hall–Kier alpha value is -1.27. The number of aromatic nitrogens is 2. The number of hydrogen-bond donors (Lipinski definition) is 0. The summed E-state index contributed by atoms with van der Waals surface area (Å²) in [5, 5.41) is 0. The Morgan fingerprint density at radius 1 is 1.29 bits per heavy atom. The van der Waals surface area contributed by atoms with Crippen molar-refractivity contribution in [3.05, 3.63) is 34.0 Å². The van der Waals surface area contributed by atoms with Crippen molar-refractivity contribution in [1.82, 2.24) is 9.13 Å². The fraction of sp³-hybridized carbons (Fsp3) is 0.611. The summed E-state index contributed by atoms with van der Waals surface area (Å²) in [6.07, 6.45) is 6.51. The second-order valence-electron chi connectivity index (χ2n) is 6.17. The van der Waals surface area contributed by atoms with Gasteiger partial charge in [-0.2, -0.15) is 0 Å². The molecule has 0 radical (unpaired) electrons. The van der Waals surface area contributed by atoms with E-state index in [9.17, 15) is 9.18 Å². The van der Waals surface area contributed by atoms with Crippen LogP contribution in [0.2, 0.25) is 0 Å². The lowest BCUT2D eigenvalue weighted by Crippen LogP contribution is -2.20. The molecule has 0 atom stereocenters. The van der Waals surface area contributed by atoms with Gasteiger partial charge in [0.25, 0.3) is 5.56 Å². The van der Waals surface area contributed by atoms with Crippen LogP contribution in [0.4, 0.5) is 4.39 Å². The van der Waals surface area contributed by atoms with E-state index in [-0.39, 0.29) is 0 Å². The highest BCUT2D eigenvalue weighted by molar-refractivity contribution is 8.32. The van der Waals surface area contributed by atoms with Crippen LogP contribution in [0.1, 0.15) is 26.3 Å². The first kappa shape index (κ1) is 20.8. The molecule has 0 aliphatic carbocycles. The molecule has 0 saturated heterocycles. The van der Waals surface area contributed by atoms with Crippen molar-refractivity contribution in [2.45, 2.75) is 34.4 Å². The summed E-state index contributed by atoms with van der Waals surface area (Å²) in [6, 6.07) is 1.30. The number of fused-ring (bicyclic) bond motifs is 1. The van der Waals surface area contributed by atoms with Crippen molar-refractivity contribution >= 4 is 21.1 Å². The first-order chi connectivity index (χ1) is 11.3. The van der Waals surface area contributed by atoms with Crippen molar-refractivity contribution in [2.75, 3.05) is 30.6 Å². The normalized spacial score (nSPS) is 12.2. The first-order valence-electron chi connectivity index (χ1n) is 8.38. The molecule has 4 nitrogen and oxygen atoms in total. The van der Waals surface area contributed by atoms with Gasteiger partial charge in [0, 0.05) is 25.1 Å². The maximum Gasteiger partial charge on any atom is 0.286 e. The number of hydrogen-bond acceptors (Lipinski definition) is 2. The van der Waals surface area contributed by atoms with Crippen molar-refractivity contribution in [1.29, 1.82) is 0 Å². The summed E-state index contributed by atoms with van der Waals surface area (Å²) in [5.41, 5.74) is 1.80. The van der Waals surface area contributed by atoms with E-state index in [1.165, 1.54) is 16.4 Å². The molecular formula is C18H31FN2O2S. The molecule has 6 heteroatoms. The fourth-order valence-corrected chi connectivity index (χ4v) is 3.29. The lowest BCUT2D eigenvalue weighted by atomic mass is 10.3. The summed E-state index contributed by atoms with van der Waals surface area (Å²) in [7, 11) is 1.03. The van der Waals surface area contributed by atoms with Crippen LogP contribution >= 0.6 is 10.0 Å². The van der Waals surface area contributed by atoms with Crippen LogP contribution < -0.4 is 5.56 Å². The van der Waals surface area contributed by atoms with E-state index >= 15 is 0 Å². The van der Waals surface area contributed by atoms with Crippen LogP contribution in [-0.2, 0) is 18.5 Å². The van der Waals surface area contributed by atoms with Gasteiger partial charge in [0.05, 0.1) is 17.6 Å². The van der Waals surface area contributed by atoms with E-state index < -0.39 is 21.4 Å². The lowest BCUT2D eigenvalue weighted by Gasteiger charge is -2.29. The summed E-state index contributed by atoms with van der Waals surface area (Å²) in [4.78, 5) is 11.7. The molecule has 0 amide bonds. The van der Waals surface area contributed by atoms with Gasteiger partial charge in [-0.1, -0.05) is 20.8 Å². The summed E-state index contributed by atoms with van der Waals surface area (Å²) >= 11 is 0. The Kier molecular flexibility index (Phi) is 7.55. The SMILES string of the molecule is CC.CCS(C)(C)CCOCn1cc(C)c2c1cc(F)c(=O)n2C. The highest BCUT2D eigenvalue weighted by Gasteiger charge is 2.13. The van der Waals surface area contributed by atoms with Crippen molar-refractivity contribution < 1.29 is 9.13 Å². The van der Waals surface area contributed by atoms with E-state index in [2.05, 4.69) is 19.4 Å². The highest BCUT2D eigenvalue weighted by Crippen LogP contribution is 2.38. The fourth-order valence-electron chi connectivity index (χ4n) is 2.43. The third-order valence-corrected chi connectivity index (χ3v) is 7.01. The van der Waals surface area contributed by atoms with Crippen LogP contribution in [0.15, 0.2) is 17.1 Å². The van der Waals surface area contributed by atoms with Crippen molar-refractivity contribution in [2.24, 2.45) is 7.05 Å². The molecule has 0 aromatic carbocycles. The Balaban J connectivity index is 0.00000139. The molecular weight excluding hydrogens is 327 g/mol. The predicted molar refractivity (Wildman–Crippen MR) is 104 cm³/mol. The summed E-state index contributed by atoms with van der Waals surface area (Å²) in [5.74, 6) is 1.52. The number of ether oxygens (including phenoxy) is 1. The molecule has 0 saturated carbocycles. The summed E-state index contributed by atoms with van der Waals surface area (Å²) in [6.45, 7) is 9.20. The van der Waals surface area contributed by atoms with E-state index in [0.717, 1.165) is 16.8 Å². The van der Waals surface area contributed by atoms with E-state index in [1.54, 1.807) is 7.05 Å². The zero-order chi connectivity index (χ0) is 18.5. The zero-order valence-electron chi connectivity index (χ0n) is 16.0. The number of aryl methyl sites for hydroxylation is 2. The minimum absolute atomic E-state index is 0.376. The Labute approximate surface area is 145 Å². The number of rotatable bonds is 6. The molecule has 0 aliphatic heterocycles. The minimum atomic E-state index is -0.731. The van der Waals surface area contributed by atoms with E-state index in [4.69, 9.17) is 4.74 Å². The molecule has 138 valence electrons. The van der Waals surface area contributed by atoms with Crippen LogP contribution in [0, 0.1) is 12.7 Å². The average Bonchev–Trinajstić information content (AvgIpc) is 2.87. The van der Waals surface area contributed by atoms with Gasteiger partial charge >= 0.3 is 0 Å². The van der Waals surface area contributed by atoms with Gasteiger partial charge in [-0.25, -0.2) is 14.4 Å². The maximum absolute atomic E-state index is 13.7. The molecule has 2 aromatic rings. The van der Waals surface area contributed by atoms with Gasteiger partial charge in [0.1, 0.15) is 6.73 Å². The molecule has 0 spiro atoms. The molecule has 0 aliphatic rings. The number of halogens is 1. The monoisotopic (exact) mass is 358 g/mol. The zero-order valence-corrected chi connectivity index (χ0v) is 16.8. The highest BCUT2D eigenvalue weighted by atomic mass is 32.3. The summed E-state index contributed by atoms with van der Waals surface area (Å²) < 4.78 is 22.7. The predicted octanol–water partition coefficient (Wildman–Crippen LogP) is 3.87. The Morgan fingerprint density at radius 2 is 1.92 bits per heavy atom. The Morgan fingerprint density at radius 3 is 2.50 bits per heavy atom. The van der Waals surface area contributed by atoms with Crippen LogP contribution in [0.5, 0.6) is 0 Å². The topological polar surface area (TPSA) is 36.2 Å². The van der Waals surface area contributed by atoms with Crippen LogP contribution in [-0.4, -0.2) is 39.8 Å². The second kappa shape index (κ2) is 8.72. The maximum atomic E-state index is 13.7. The number of nitrogens with zero attached hydrogens (tertiary/aromatic N) is 2. The molecule has 2 heterocycles. The van der Waals surface area contributed by atoms with Gasteiger partial charge < -0.3 is 13.9 Å². The second-order valence-corrected chi connectivity index (χ2v) is 10.7. The average molecular weight is 359 g/mol. The van der Waals surface area contributed by atoms with Crippen molar-refractivity contribution in [3.8, 4) is 0 Å². The minimum Gasteiger partial charge on any atom is -0.360 e. The molecule has 0 fully saturated rings. The third-order valence-electron chi connectivity index (χ3n) is 4.17. The molecule has 24 heavy (non-hydrogen) atoms. The van der Waals surface area contributed by atoms with Gasteiger partial charge in [-0.05, 0) is 30.8 Å². The van der Waals surface area contributed by atoms with Crippen LogP contribution in [0.3, 0.4) is 0 Å². The third kappa shape index (κ3) is 4.63. The lowest BCUT2D eigenvalue weighted by molar-refractivity contribution is 0.0926. The van der Waals surface area contributed by atoms with Crippen molar-refractivity contribution in [3.63, 3.8) is 0 Å². The number of pyridine rings is 1. The molecule has 0 bridgehead atoms. The van der Waals surface area contributed by atoms with E-state index in [0.29, 0.717) is 18.9 Å². The van der Waals surface area contributed by atoms with E-state index in [1.807, 2.05) is 31.5 Å². The molecule has 2 rings (SSSR count). The molecule has 2 aromatic heterocycles. The first-order valence-corrected chi connectivity index (χ1v) is 11.2. The quantitative estimate of drug-likeness (QED) is 0.735. The van der Waals surface area contributed by atoms with Gasteiger partial charge in [-0.3, -0.25) is 4.79 Å². The molecule has 0 N–H and O–H groups in total. The molecule has 0 unspecified atom stereocenters. The smallest absolute Gasteiger partial charge is 0.286 e. The van der Waals surface area contributed by atoms with Crippen LogP contribution in [0.25, 0.3) is 11.0 Å².